The fraction of sp³-hybridized carbons (Fsp3) is 0.286. The van der Waals surface area contributed by atoms with Gasteiger partial charge in [0.05, 0.1) is 7.11 Å². The van der Waals surface area contributed by atoms with Gasteiger partial charge in [-0.1, -0.05) is 35.7 Å². The van der Waals surface area contributed by atoms with E-state index < -0.39 is 0 Å². The minimum absolute atomic E-state index is 0.00359. The van der Waals surface area contributed by atoms with Gasteiger partial charge < -0.3 is 14.8 Å². The normalized spacial score (nSPS) is 17.9. The molecule has 0 radical (unpaired) electrons. The molecule has 1 amide bonds. The Morgan fingerprint density at radius 1 is 1.31 bits per heavy atom. The van der Waals surface area contributed by atoms with Crippen molar-refractivity contribution in [2.24, 2.45) is 5.92 Å². The Kier molecular flexibility index (Phi) is 5.70. The molecule has 26 heavy (non-hydrogen) atoms. The molecule has 1 fully saturated rings. The van der Waals surface area contributed by atoms with Crippen molar-refractivity contribution in [1.29, 1.82) is 0 Å². The fourth-order valence-electron chi connectivity index (χ4n) is 2.97. The number of halogens is 1. The van der Waals surface area contributed by atoms with Gasteiger partial charge in [0.2, 0.25) is 5.91 Å². The Balaban J connectivity index is 1.57. The summed E-state index contributed by atoms with van der Waals surface area (Å²) in [4.78, 5) is 12.4. The zero-order chi connectivity index (χ0) is 18.5. The van der Waals surface area contributed by atoms with Gasteiger partial charge in [-0.3, -0.25) is 4.79 Å². The van der Waals surface area contributed by atoms with E-state index in [0.29, 0.717) is 23.1 Å². The third-order valence-corrected chi connectivity index (χ3v) is 4.64. The van der Waals surface area contributed by atoms with Crippen LogP contribution in [-0.4, -0.2) is 19.6 Å². The van der Waals surface area contributed by atoms with Crippen LogP contribution >= 0.6 is 11.6 Å². The van der Waals surface area contributed by atoms with Gasteiger partial charge in [0, 0.05) is 17.5 Å². The summed E-state index contributed by atoms with van der Waals surface area (Å²) < 4.78 is 10.7. The average molecular weight is 370 g/mol. The number of methoxy groups -OCH3 is 1. The van der Waals surface area contributed by atoms with Crippen LogP contribution in [0, 0.1) is 18.3 Å². The first-order valence-corrected chi connectivity index (χ1v) is 8.76. The van der Waals surface area contributed by atoms with Gasteiger partial charge in [-0.25, -0.2) is 0 Å². The number of hydrogen-bond donors (Lipinski definition) is 1. The zero-order valence-corrected chi connectivity index (χ0v) is 15.3. The van der Waals surface area contributed by atoms with Crippen molar-refractivity contribution >= 4 is 17.5 Å². The van der Waals surface area contributed by atoms with Crippen LogP contribution in [0.3, 0.4) is 0 Å². The van der Waals surface area contributed by atoms with Gasteiger partial charge in [-0.05, 0) is 47.7 Å². The summed E-state index contributed by atoms with van der Waals surface area (Å²) in [6, 6.07) is 13.2. The van der Waals surface area contributed by atoms with E-state index in [-0.39, 0.29) is 24.3 Å². The number of nitrogens with one attached hydrogen (secondary N) is 1. The lowest BCUT2D eigenvalue weighted by Crippen LogP contribution is -2.24. The molecular weight excluding hydrogens is 350 g/mol. The van der Waals surface area contributed by atoms with E-state index in [0.717, 1.165) is 17.5 Å². The minimum Gasteiger partial charge on any atom is -0.493 e. The summed E-state index contributed by atoms with van der Waals surface area (Å²) in [5.41, 5.74) is 2.04. The zero-order valence-electron chi connectivity index (χ0n) is 14.5. The molecule has 0 bridgehead atoms. The molecule has 134 valence electrons. The number of ether oxygens (including phenoxy) is 2. The van der Waals surface area contributed by atoms with Crippen LogP contribution in [0.15, 0.2) is 42.5 Å². The SMILES string of the molecule is C#CCOc1cc(CNC(=O)C2CC2c2cccc(Cl)c2)ccc1OC. The van der Waals surface area contributed by atoms with E-state index in [2.05, 4.69) is 11.2 Å². The van der Waals surface area contributed by atoms with Crippen LogP contribution in [-0.2, 0) is 11.3 Å². The summed E-state index contributed by atoms with van der Waals surface area (Å²) in [5.74, 6) is 3.91. The van der Waals surface area contributed by atoms with E-state index in [4.69, 9.17) is 27.5 Å². The molecule has 5 heteroatoms. The van der Waals surface area contributed by atoms with E-state index in [1.807, 2.05) is 36.4 Å². The van der Waals surface area contributed by atoms with Gasteiger partial charge in [0.15, 0.2) is 11.5 Å². The third kappa shape index (κ3) is 4.30. The quantitative estimate of drug-likeness (QED) is 0.755. The molecule has 1 N–H and O–H groups in total. The summed E-state index contributed by atoms with van der Waals surface area (Å²) in [7, 11) is 1.57. The number of amides is 1. The summed E-state index contributed by atoms with van der Waals surface area (Å²) in [6.07, 6.45) is 6.09. The van der Waals surface area contributed by atoms with Crippen molar-refractivity contribution in [2.45, 2.75) is 18.9 Å². The lowest BCUT2D eigenvalue weighted by molar-refractivity contribution is -0.122. The molecule has 1 aliphatic carbocycles. The average Bonchev–Trinajstić information content (AvgIpc) is 3.45. The number of carbonyl (C=O) groups excluding carboxylic acids is 1. The highest BCUT2D eigenvalue weighted by Gasteiger charge is 2.43. The predicted molar refractivity (Wildman–Crippen MR) is 101 cm³/mol. The van der Waals surface area contributed by atoms with Crippen LogP contribution in [0.1, 0.15) is 23.5 Å². The van der Waals surface area contributed by atoms with Crippen LogP contribution < -0.4 is 14.8 Å². The van der Waals surface area contributed by atoms with Crippen molar-refractivity contribution in [2.75, 3.05) is 13.7 Å². The predicted octanol–water partition coefficient (Wildman–Crippen LogP) is 3.78. The van der Waals surface area contributed by atoms with Crippen LogP contribution in [0.5, 0.6) is 11.5 Å². The topological polar surface area (TPSA) is 47.6 Å². The molecule has 0 aliphatic heterocycles. The van der Waals surface area contributed by atoms with Gasteiger partial charge in [0.1, 0.15) is 6.61 Å². The standard InChI is InChI=1S/C21H20ClNO3/c1-3-9-26-20-10-14(7-8-19(20)25-2)13-23-21(24)18-12-17(18)15-5-4-6-16(22)11-15/h1,4-8,10-11,17-18H,9,12-13H2,2H3,(H,23,24). The molecule has 4 nitrogen and oxygen atoms in total. The van der Waals surface area contributed by atoms with Crippen molar-refractivity contribution in [1.82, 2.24) is 5.32 Å². The first kappa shape index (κ1) is 18.2. The van der Waals surface area contributed by atoms with Gasteiger partial charge >= 0.3 is 0 Å². The lowest BCUT2D eigenvalue weighted by Gasteiger charge is -2.11. The maximum atomic E-state index is 12.4. The highest BCUT2D eigenvalue weighted by molar-refractivity contribution is 6.30. The Bertz CT molecular complexity index is 843. The molecule has 0 heterocycles. The highest BCUT2D eigenvalue weighted by atomic mass is 35.5. The Hall–Kier alpha value is -2.64. The lowest BCUT2D eigenvalue weighted by atomic mass is 10.1. The molecule has 2 atom stereocenters. The van der Waals surface area contributed by atoms with Crippen LogP contribution in [0.2, 0.25) is 5.02 Å². The molecular formula is C21H20ClNO3. The maximum absolute atomic E-state index is 12.4. The fourth-order valence-corrected chi connectivity index (χ4v) is 3.17. The monoisotopic (exact) mass is 369 g/mol. The van der Waals surface area contributed by atoms with E-state index in [9.17, 15) is 4.79 Å². The van der Waals surface area contributed by atoms with E-state index in [1.54, 1.807) is 13.2 Å². The van der Waals surface area contributed by atoms with Crippen LogP contribution in [0.25, 0.3) is 0 Å². The number of rotatable bonds is 7. The molecule has 0 aromatic heterocycles. The highest BCUT2D eigenvalue weighted by Crippen LogP contribution is 2.48. The smallest absolute Gasteiger partial charge is 0.224 e. The second-order valence-corrected chi connectivity index (χ2v) is 6.64. The number of terminal acetylenes is 1. The second kappa shape index (κ2) is 8.16. The second-order valence-electron chi connectivity index (χ2n) is 6.20. The molecule has 2 aromatic carbocycles. The van der Waals surface area contributed by atoms with E-state index >= 15 is 0 Å². The van der Waals surface area contributed by atoms with Gasteiger partial charge in [0.25, 0.3) is 0 Å². The molecule has 3 rings (SSSR count). The molecule has 2 unspecified atom stereocenters. The molecule has 0 saturated heterocycles. The summed E-state index contributed by atoms with van der Waals surface area (Å²) in [6.45, 7) is 0.587. The van der Waals surface area contributed by atoms with Crippen molar-refractivity contribution in [3.8, 4) is 23.8 Å². The van der Waals surface area contributed by atoms with E-state index in [1.165, 1.54) is 0 Å². The maximum Gasteiger partial charge on any atom is 0.224 e. The number of benzene rings is 2. The van der Waals surface area contributed by atoms with Gasteiger partial charge in [-0.2, -0.15) is 0 Å². The minimum atomic E-state index is 0.00359. The third-order valence-electron chi connectivity index (χ3n) is 4.41. The van der Waals surface area contributed by atoms with Crippen LogP contribution in [0.4, 0.5) is 0 Å². The molecule has 1 saturated carbocycles. The Labute approximate surface area is 158 Å². The first-order valence-electron chi connectivity index (χ1n) is 8.38. The Morgan fingerprint density at radius 2 is 2.15 bits per heavy atom. The molecule has 0 spiro atoms. The van der Waals surface area contributed by atoms with Crippen molar-refractivity contribution < 1.29 is 14.3 Å². The summed E-state index contributed by atoms with van der Waals surface area (Å²) in [5, 5.41) is 3.69. The van der Waals surface area contributed by atoms with Crippen molar-refractivity contribution in [3.63, 3.8) is 0 Å². The van der Waals surface area contributed by atoms with Crippen molar-refractivity contribution in [3.05, 3.63) is 58.6 Å². The van der Waals surface area contributed by atoms with Gasteiger partial charge in [-0.15, -0.1) is 6.42 Å². The Morgan fingerprint density at radius 3 is 2.88 bits per heavy atom. The largest absolute Gasteiger partial charge is 0.493 e. The number of hydrogen-bond acceptors (Lipinski definition) is 3. The first-order chi connectivity index (χ1) is 12.6. The molecule has 1 aliphatic rings. The summed E-state index contributed by atoms with van der Waals surface area (Å²) >= 11 is 6.03. The number of carbonyl (C=O) groups is 1. The molecule has 2 aromatic rings.